The SMILES string of the molecule is CC1CCCCCC1NC1CC(C)N(C2CC2)C1. The van der Waals surface area contributed by atoms with Crippen molar-refractivity contribution < 1.29 is 0 Å². The second kappa shape index (κ2) is 5.50. The van der Waals surface area contributed by atoms with Gasteiger partial charge in [0.05, 0.1) is 0 Å². The van der Waals surface area contributed by atoms with Gasteiger partial charge in [-0.1, -0.05) is 26.2 Å². The summed E-state index contributed by atoms with van der Waals surface area (Å²) in [4.78, 5) is 2.76. The average Bonchev–Trinajstić information content (AvgIpc) is 3.13. The van der Waals surface area contributed by atoms with E-state index < -0.39 is 0 Å². The van der Waals surface area contributed by atoms with Crippen LogP contribution in [0.15, 0.2) is 0 Å². The Bertz CT molecular complexity index is 274. The third-order valence-electron chi connectivity index (χ3n) is 5.45. The number of likely N-dealkylation sites (tertiary alicyclic amines) is 1. The van der Waals surface area contributed by atoms with Crippen molar-refractivity contribution in [2.75, 3.05) is 6.54 Å². The zero-order chi connectivity index (χ0) is 12.5. The Morgan fingerprint density at radius 1 is 0.944 bits per heavy atom. The van der Waals surface area contributed by atoms with E-state index in [4.69, 9.17) is 0 Å². The van der Waals surface area contributed by atoms with E-state index in [1.807, 2.05) is 0 Å². The minimum atomic E-state index is 0.770. The lowest BCUT2D eigenvalue weighted by Crippen LogP contribution is -2.43. The molecule has 2 heteroatoms. The summed E-state index contributed by atoms with van der Waals surface area (Å²) >= 11 is 0. The maximum atomic E-state index is 4.01. The lowest BCUT2D eigenvalue weighted by molar-refractivity contribution is 0.250. The zero-order valence-electron chi connectivity index (χ0n) is 12.2. The fraction of sp³-hybridized carbons (Fsp3) is 1.00. The topological polar surface area (TPSA) is 15.3 Å². The number of nitrogens with zero attached hydrogens (tertiary/aromatic N) is 1. The quantitative estimate of drug-likeness (QED) is 0.774. The smallest absolute Gasteiger partial charge is 0.0212 e. The molecule has 18 heavy (non-hydrogen) atoms. The molecule has 4 unspecified atom stereocenters. The Kier molecular flexibility index (Phi) is 3.95. The van der Waals surface area contributed by atoms with Crippen molar-refractivity contribution in [1.29, 1.82) is 0 Å². The minimum absolute atomic E-state index is 0.770. The highest BCUT2D eigenvalue weighted by Gasteiger charge is 2.39. The van der Waals surface area contributed by atoms with Crippen LogP contribution in [0, 0.1) is 5.92 Å². The Morgan fingerprint density at radius 3 is 2.50 bits per heavy atom. The molecule has 1 heterocycles. The van der Waals surface area contributed by atoms with E-state index in [-0.39, 0.29) is 0 Å². The molecular weight excluding hydrogens is 220 g/mol. The van der Waals surface area contributed by atoms with E-state index in [1.54, 1.807) is 0 Å². The highest BCUT2D eigenvalue weighted by Crippen LogP contribution is 2.34. The Hall–Kier alpha value is -0.0800. The molecule has 2 saturated carbocycles. The van der Waals surface area contributed by atoms with Crippen molar-refractivity contribution in [2.24, 2.45) is 5.92 Å². The van der Waals surface area contributed by atoms with Crippen LogP contribution in [0.3, 0.4) is 0 Å². The first-order valence-electron chi connectivity index (χ1n) is 8.26. The molecule has 0 bridgehead atoms. The molecule has 0 aromatic rings. The van der Waals surface area contributed by atoms with E-state index in [2.05, 4.69) is 24.1 Å². The molecule has 3 aliphatic rings. The Balaban J connectivity index is 1.52. The lowest BCUT2D eigenvalue weighted by Gasteiger charge is -2.27. The van der Waals surface area contributed by atoms with Crippen LogP contribution in [0.4, 0.5) is 0 Å². The van der Waals surface area contributed by atoms with Crippen molar-refractivity contribution in [2.45, 2.75) is 89.4 Å². The van der Waals surface area contributed by atoms with Crippen molar-refractivity contribution in [1.82, 2.24) is 10.2 Å². The van der Waals surface area contributed by atoms with Gasteiger partial charge in [0.1, 0.15) is 0 Å². The van der Waals surface area contributed by atoms with Crippen molar-refractivity contribution >= 4 is 0 Å². The first-order valence-corrected chi connectivity index (χ1v) is 8.26. The summed E-state index contributed by atoms with van der Waals surface area (Å²) in [5, 5.41) is 4.01. The summed E-state index contributed by atoms with van der Waals surface area (Å²) in [6.45, 7) is 6.20. The summed E-state index contributed by atoms with van der Waals surface area (Å²) in [6.07, 6.45) is 11.5. The minimum Gasteiger partial charge on any atom is -0.310 e. The van der Waals surface area contributed by atoms with Gasteiger partial charge in [-0.15, -0.1) is 0 Å². The van der Waals surface area contributed by atoms with Crippen molar-refractivity contribution in [3.63, 3.8) is 0 Å². The molecule has 0 aromatic carbocycles. The van der Waals surface area contributed by atoms with Gasteiger partial charge < -0.3 is 5.32 Å². The van der Waals surface area contributed by atoms with Crippen LogP contribution < -0.4 is 5.32 Å². The summed E-state index contributed by atoms with van der Waals surface area (Å²) in [7, 11) is 0. The third kappa shape index (κ3) is 2.91. The molecule has 2 nitrogen and oxygen atoms in total. The number of rotatable bonds is 3. The van der Waals surface area contributed by atoms with Crippen LogP contribution in [-0.2, 0) is 0 Å². The van der Waals surface area contributed by atoms with Gasteiger partial charge in [0, 0.05) is 30.7 Å². The monoisotopic (exact) mass is 250 g/mol. The molecule has 1 saturated heterocycles. The molecule has 4 atom stereocenters. The molecule has 2 aliphatic carbocycles. The van der Waals surface area contributed by atoms with Gasteiger partial charge >= 0.3 is 0 Å². The number of nitrogens with one attached hydrogen (secondary N) is 1. The predicted octanol–water partition coefficient (Wildman–Crippen LogP) is 3.17. The van der Waals surface area contributed by atoms with Gasteiger partial charge in [-0.05, 0) is 44.9 Å². The van der Waals surface area contributed by atoms with Gasteiger partial charge in [-0.2, -0.15) is 0 Å². The van der Waals surface area contributed by atoms with Crippen molar-refractivity contribution in [3.05, 3.63) is 0 Å². The second-order valence-corrected chi connectivity index (χ2v) is 7.10. The van der Waals surface area contributed by atoms with E-state index in [0.717, 1.165) is 30.1 Å². The molecule has 104 valence electrons. The molecule has 1 N–H and O–H groups in total. The second-order valence-electron chi connectivity index (χ2n) is 7.10. The number of hydrogen-bond donors (Lipinski definition) is 1. The Labute approximate surface area is 113 Å². The van der Waals surface area contributed by atoms with E-state index >= 15 is 0 Å². The summed E-state index contributed by atoms with van der Waals surface area (Å²) in [5.74, 6) is 0.887. The van der Waals surface area contributed by atoms with Gasteiger partial charge in [0.25, 0.3) is 0 Å². The lowest BCUT2D eigenvalue weighted by atomic mass is 9.96. The predicted molar refractivity (Wildman–Crippen MR) is 76.8 cm³/mol. The van der Waals surface area contributed by atoms with Crippen LogP contribution in [0.2, 0.25) is 0 Å². The fourth-order valence-electron chi connectivity index (χ4n) is 4.14. The standard InChI is InChI=1S/C16H30N2/c1-12-6-4-3-5-7-16(12)17-14-10-13(2)18(11-14)15-8-9-15/h12-17H,3-11H2,1-2H3. The van der Waals surface area contributed by atoms with Gasteiger partial charge in [0.2, 0.25) is 0 Å². The average molecular weight is 250 g/mol. The molecule has 0 spiro atoms. The maximum absolute atomic E-state index is 4.01. The van der Waals surface area contributed by atoms with Crippen LogP contribution in [-0.4, -0.2) is 35.6 Å². The Morgan fingerprint density at radius 2 is 1.72 bits per heavy atom. The molecule has 0 radical (unpaired) electrons. The normalized spacial score (nSPS) is 43.0. The summed E-state index contributed by atoms with van der Waals surface area (Å²) < 4.78 is 0. The largest absolute Gasteiger partial charge is 0.310 e. The molecule has 0 amide bonds. The van der Waals surface area contributed by atoms with E-state index in [9.17, 15) is 0 Å². The first kappa shape index (κ1) is 12.9. The molecule has 3 fully saturated rings. The zero-order valence-corrected chi connectivity index (χ0v) is 12.2. The van der Waals surface area contributed by atoms with Gasteiger partial charge in [0.15, 0.2) is 0 Å². The molecule has 0 aromatic heterocycles. The van der Waals surface area contributed by atoms with E-state index in [1.165, 1.54) is 57.9 Å². The third-order valence-corrected chi connectivity index (χ3v) is 5.45. The van der Waals surface area contributed by atoms with Gasteiger partial charge in [-0.25, -0.2) is 0 Å². The summed E-state index contributed by atoms with van der Waals surface area (Å²) in [6, 6.07) is 3.32. The maximum Gasteiger partial charge on any atom is 0.0212 e. The molecule has 1 aliphatic heterocycles. The number of hydrogen-bond acceptors (Lipinski definition) is 2. The highest BCUT2D eigenvalue weighted by atomic mass is 15.3. The van der Waals surface area contributed by atoms with Crippen molar-refractivity contribution in [3.8, 4) is 0 Å². The fourth-order valence-corrected chi connectivity index (χ4v) is 4.14. The molecule has 3 rings (SSSR count). The van der Waals surface area contributed by atoms with E-state index in [0.29, 0.717) is 0 Å². The van der Waals surface area contributed by atoms with Crippen LogP contribution in [0.1, 0.15) is 65.2 Å². The van der Waals surface area contributed by atoms with Gasteiger partial charge in [-0.3, -0.25) is 4.90 Å². The summed E-state index contributed by atoms with van der Waals surface area (Å²) in [5.41, 5.74) is 0. The van der Waals surface area contributed by atoms with Crippen LogP contribution in [0.25, 0.3) is 0 Å². The highest BCUT2D eigenvalue weighted by molar-refractivity contribution is 4.97. The van der Waals surface area contributed by atoms with Crippen LogP contribution >= 0.6 is 0 Å². The molecular formula is C16H30N2. The first-order chi connectivity index (χ1) is 8.74. The van der Waals surface area contributed by atoms with Crippen LogP contribution in [0.5, 0.6) is 0 Å².